The first-order chi connectivity index (χ1) is 13.5. The Kier molecular flexibility index (Phi) is 5.26. The van der Waals surface area contributed by atoms with Crippen molar-refractivity contribution in [2.24, 2.45) is 0 Å². The van der Waals surface area contributed by atoms with E-state index < -0.39 is 23.1 Å². The second-order valence-corrected chi connectivity index (χ2v) is 7.90. The lowest BCUT2D eigenvalue weighted by Crippen LogP contribution is -2.30. The number of nitrogen functional groups attached to an aromatic ring is 1. The lowest BCUT2D eigenvalue weighted by Gasteiger charge is -2.20. The molecule has 0 amide bonds. The summed E-state index contributed by atoms with van der Waals surface area (Å²) in [4.78, 5) is 16.5. The second kappa shape index (κ2) is 7.39. The minimum atomic E-state index is -4.82. The first-order valence-electron chi connectivity index (χ1n) is 9.11. The predicted octanol–water partition coefficient (Wildman–Crippen LogP) is 4.86. The van der Waals surface area contributed by atoms with Gasteiger partial charge in [0.2, 0.25) is 0 Å². The fourth-order valence-corrected chi connectivity index (χ4v) is 3.04. The Morgan fingerprint density at radius 1 is 0.966 bits per heavy atom. The smallest absolute Gasteiger partial charge is 0.392 e. The quantitative estimate of drug-likeness (QED) is 0.682. The van der Waals surface area contributed by atoms with E-state index in [1.165, 1.54) is 4.57 Å². The van der Waals surface area contributed by atoms with E-state index in [9.17, 15) is 18.0 Å². The highest BCUT2D eigenvalue weighted by Gasteiger charge is 2.37. The van der Waals surface area contributed by atoms with E-state index in [-0.39, 0.29) is 17.8 Å². The summed E-state index contributed by atoms with van der Waals surface area (Å²) < 4.78 is 41.4. The Morgan fingerprint density at radius 3 is 2.07 bits per heavy atom. The number of hydrogen-bond acceptors (Lipinski definition) is 3. The highest BCUT2D eigenvalue weighted by atomic mass is 19.4. The lowest BCUT2D eigenvalue weighted by atomic mass is 9.86. The van der Waals surface area contributed by atoms with Gasteiger partial charge in [-0.3, -0.25) is 9.36 Å². The molecule has 7 heteroatoms. The lowest BCUT2D eigenvalue weighted by molar-refractivity contribution is -0.140. The fraction of sp³-hybridized carbons (Fsp3) is 0.273. The van der Waals surface area contributed by atoms with E-state index in [1.54, 1.807) is 36.4 Å². The van der Waals surface area contributed by atoms with E-state index in [2.05, 4.69) is 4.98 Å². The molecule has 0 spiro atoms. The number of halogens is 3. The van der Waals surface area contributed by atoms with E-state index in [1.807, 2.05) is 39.0 Å². The van der Waals surface area contributed by atoms with Crippen LogP contribution in [0, 0.1) is 0 Å². The summed E-state index contributed by atoms with van der Waals surface area (Å²) in [6.07, 6.45) is -4.82. The van der Waals surface area contributed by atoms with Crippen LogP contribution in [0.2, 0.25) is 0 Å². The number of anilines is 1. The van der Waals surface area contributed by atoms with E-state index >= 15 is 0 Å². The number of aromatic nitrogens is 2. The Labute approximate surface area is 166 Å². The minimum Gasteiger partial charge on any atom is -0.392 e. The van der Waals surface area contributed by atoms with Crippen molar-refractivity contribution < 1.29 is 13.2 Å². The third-order valence-electron chi connectivity index (χ3n) is 4.67. The van der Waals surface area contributed by atoms with Crippen LogP contribution in [0.25, 0.3) is 11.4 Å². The second-order valence-electron chi connectivity index (χ2n) is 7.90. The zero-order chi connectivity index (χ0) is 21.4. The first kappa shape index (κ1) is 20.6. The molecule has 0 bridgehead atoms. The third-order valence-corrected chi connectivity index (χ3v) is 4.67. The zero-order valence-corrected chi connectivity index (χ0v) is 16.4. The third kappa shape index (κ3) is 4.34. The number of rotatable bonds is 3. The van der Waals surface area contributed by atoms with Crippen LogP contribution in [0.15, 0.2) is 59.4 Å². The molecule has 0 aliphatic rings. The zero-order valence-electron chi connectivity index (χ0n) is 16.4. The summed E-state index contributed by atoms with van der Waals surface area (Å²) in [5.74, 6) is -0.0687. The monoisotopic (exact) mass is 401 g/mol. The van der Waals surface area contributed by atoms with Gasteiger partial charge in [-0.25, -0.2) is 4.98 Å². The average molecular weight is 401 g/mol. The van der Waals surface area contributed by atoms with Crippen LogP contribution in [0.5, 0.6) is 0 Å². The van der Waals surface area contributed by atoms with Crippen molar-refractivity contribution in [2.75, 3.05) is 5.73 Å². The van der Waals surface area contributed by atoms with Crippen molar-refractivity contribution in [1.29, 1.82) is 0 Å². The Balaban J connectivity index is 2.22. The Hall–Kier alpha value is -3.09. The van der Waals surface area contributed by atoms with Crippen molar-refractivity contribution in [3.05, 3.63) is 81.8 Å². The van der Waals surface area contributed by atoms with Crippen LogP contribution in [0.1, 0.15) is 37.6 Å². The molecule has 3 aromatic rings. The van der Waals surface area contributed by atoms with Gasteiger partial charge in [-0.05, 0) is 16.5 Å². The van der Waals surface area contributed by atoms with Crippen molar-refractivity contribution in [1.82, 2.24) is 9.55 Å². The van der Waals surface area contributed by atoms with Gasteiger partial charge in [0.15, 0.2) is 5.69 Å². The molecule has 4 nitrogen and oxygen atoms in total. The summed E-state index contributed by atoms with van der Waals surface area (Å²) in [5, 5.41) is 0. The Morgan fingerprint density at radius 2 is 1.55 bits per heavy atom. The maximum absolute atomic E-state index is 13.4. The SMILES string of the molecule is CC(C)(C)c1ccc(-c2nc(C(F)(F)F)c(N)c(=O)n2Cc2ccccc2)cc1. The molecule has 2 aromatic carbocycles. The highest BCUT2D eigenvalue weighted by molar-refractivity contribution is 5.59. The summed E-state index contributed by atoms with van der Waals surface area (Å²) in [7, 11) is 0. The predicted molar refractivity (Wildman–Crippen MR) is 108 cm³/mol. The van der Waals surface area contributed by atoms with Crippen LogP contribution in [-0.2, 0) is 18.1 Å². The van der Waals surface area contributed by atoms with Gasteiger partial charge in [-0.2, -0.15) is 13.2 Å². The summed E-state index contributed by atoms with van der Waals surface area (Å²) in [5.41, 5.74) is 4.43. The van der Waals surface area contributed by atoms with Crippen molar-refractivity contribution in [3.63, 3.8) is 0 Å². The number of alkyl halides is 3. The molecule has 0 fully saturated rings. The molecule has 152 valence electrons. The number of benzene rings is 2. The maximum Gasteiger partial charge on any atom is 0.435 e. The van der Waals surface area contributed by atoms with Crippen molar-refractivity contribution in [3.8, 4) is 11.4 Å². The first-order valence-corrected chi connectivity index (χ1v) is 9.11. The molecular formula is C22H22F3N3O. The van der Waals surface area contributed by atoms with Gasteiger partial charge >= 0.3 is 6.18 Å². The molecular weight excluding hydrogens is 379 g/mol. The summed E-state index contributed by atoms with van der Waals surface area (Å²) in [6.45, 7) is 6.18. The molecule has 0 radical (unpaired) electrons. The molecule has 29 heavy (non-hydrogen) atoms. The number of nitrogens with two attached hydrogens (primary N) is 1. The number of nitrogens with zero attached hydrogens (tertiary/aromatic N) is 2. The van der Waals surface area contributed by atoms with Crippen LogP contribution >= 0.6 is 0 Å². The van der Waals surface area contributed by atoms with Gasteiger partial charge in [-0.1, -0.05) is 75.4 Å². The van der Waals surface area contributed by atoms with Crippen molar-refractivity contribution in [2.45, 2.75) is 38.9 Å². The largest absolute Gasteiger partial charge is 0.435 e. The topological polar surface area (TPSA) is 60.9 Å². The fourth-order valence-electron chi connectivity index (χ4n) is 3.04. The highest BCUT2D eigenvalue weighted by Crippen LogP contribution is 2.33. The molecule has 0 aliphatic carbocycles. The molecule has 3 rings (SSSR count). The van der Waals surface area contributed by atoms with Gasteiger partial charge in [0.25, 0.3) is 5.56 Å². The molecule has 0 saturated heterocycles. The van der Waals surface area contributed by atoms with Gasteiger partial charge in [0.1, 0.15) is 11.5 Å². The molecule has 0 saturated carbocycles. The Bertz CT molecular complexity index is 1060. The average Bonchev–Trinajstić information content (AvgIpc) is 2.65. The minimum absolute atomic E-state index is 0.0609. The standard InChI is InChI=1S/C22H22F3N3O/c1-21(2,3)16-11-9-15(10-12-16)19-27-18(22(23,24)25)17(26)20(29)28(19)13-14-7-5-4-6-8-14/h4-12H,13,26H2,1-3H3. The van der Waals surface area contributed by atoms with Gasteiger partial charge < -0.3 is 5.73 Å². The van der Waals surface area contributed by atoms with Crippen LogP contribution in [0.3, 0.4) is 0 Å². The normalized spacial score (nSPS) is 12.2. The van der Waals surface area contributed by atoms with Gasteiger partial charge in [0, 0.05) is 5.56 Å². The maximum atomic E-state index is 13.4. The van der Waals surface area contributed by atoms with Gasteiger partial charge in [-0.15, -0.1) is 0 Å². The number of hydrogen-bond donors (Lipinski definition) is 1. The molecule has 0 aliphatic heterocycles. The van der Waals surface area contributed by atoms with Crippen LogP contribution in [-0.4, -0.2) is 9.55 Å². The molecule has 2 N–H and O–H groups in total. The van der Waals surface area contributed by atoms with E-state index in [4.69, 9.17) is 5.73 Å². The molecule has 0 unspecified atom stereocenters. The van der Waals surface area contributed by atoms with E-state index in [0.29, 0.717) is 5.56 Å². The van der Waals surface area contributed by atoms with Crippen molar-refractivity contribution >= 4 is 5.69 Å². The summed E-state index contributed by atoms with van der Waals surface area (Å²) in [6, 6.07) is 16.0. The van der Waals surface area contributed by atoms with E-state index in [0.717, 1.165) is 11.1 Å². The van der Waals surface area contributed by atoms with Gasteiger partial charge in [0.05, 0.1) is 6.54 Å². The molecule has 0 atom stereocenters. The molecule has 1 heterocycles. The van der Waals surface area contributed by atoms with Crippen LogP contribution < -0.4 is 11.3 Å². The molecule has 1 aromatic heterocycles. The van der Waals surface area contributed by atoms with Crippen LogP contribution in [0.4, 0.5) is 18.9 Å². The summed E-state index contributed by atoms with van der Waals surface area (Å²) >= 11 is 0.